The summed E-state index contributed by atoms with van der Waals surface area (Å²) in [5, 5.41) is 2.32. The van der Waals surface area contributed by atoms with Crippen LogP contribution in [0.15, 0.2) is 42.5 Å². The molecule has 0 fully saturated rings. The summed E-state index contributed by atoms with van der Waals surface area (Å²) in [6, 6.07) is 14.0. The summed E-state index contributed by atoms with van der Waals surface area (Å²) in [4.78, 5) is 20.5. The highest BCUT2D eigenvalue weighted by Gasteiger charge is 2.04. The average Bonchev–Trinajstić information content (AvgIpc) is 2.39. The van der Waals surface area contributed by atoms with Crippen LogP contribution in [0.25, 0.3) is 10.8 Å². The SMILES string of the molecule is CC=O.CCCC(=O)c1ccc2ccccc2c1. The molecule has 0 aliphatic carbocycles. The van der Waals surface area contributed by atoms with Crippen LogP contribution in [0, 0.1) is 0 Å². The topological polar surface area (TPSA) is 34.1 Å². The molecule has 2 rings (SSSR count). The lowest BCUT2D eigenvalue weighted by molar-refractivity contribution is -0.106. The van der Waals surface area contributed by atoms with Crippen LogP contribution >= 0.6 is 0 Å². The van der Waals surface area contributed by atoms with Crippen molar-refractivity contribution in [2.75, 3.05) is 0 Å². The fourth-order valence-electron chi connectivity index (χ4n) is 1.73. The third-order valence-electron chi connectivity index (χ3n) is 2.55. The molecule has 0 spiro atoms. The Balaban J connectivity index is 0.000000492. The molecule has 94 valence electrons. The molecule has 0 aliphatic heterocycles. The predicted octanol–water partition coefficient (Wildman–Crippen LogP) is 4.03. The normalized spacial score (nSPS) is 9.44. The molecule has 0 amide bonds. The van der Waals surface area contributed by atoms with Crippen LogP contribution in [0.2, 0.25) is 0 Å². The van der Waals surface area contributed by atoms with Crippen molar-refractivity contribution >= 4 is 22.8 Å². The van der Waals surface area contributed by atoms with Gasteiger partial charge in [0.05, 0.1) is 0 Å². The molecule has 2 heteroatoms. The van der Waals surface area contributed by atoms with Crippen LogP contribution in [0.5, 0.6) is 0 Å². The van der Waals surface area contributed by atoms with Crippen LogP contribution in [0.1, 0.15) is 37.0 Å². The second-order valence-electron chi connectivity index (χ2n) is 3.97. The molecule has 0 saturated heterocycles. The number of carbonyl (C=O) groups is 2. The van der Waals surface area contributed by atoms with E-state index in [0.717, 1.165) is 23.7 Å². The Morgan fingerprint density at radius 2 is 1.72 bits per heavy atom. The van der Waals surface area contributed by atoms with Crippen molar-refractivity contribution in [1.29, 1.82) is 0 Å². The van der Waals surface area contributed by atoms with Gasteiger partial charge in [-0.3, -0.25) is 4.79 Å². The zero-order chi connectivity index (χ0) is 13.4. The quantitative estimate of drug-likeness (QED) is 0.601. The van der Waals surface area contributed by atoms with E-state index in [1.807, 2.05) is 43.3 Å². The molecular weight excluding hydrogens is 224 g/mol. The number of carbonyl (C=O) groups excluding carboxylic acids is 2. The highest BCUT2D eigenvalue weighted by Crippen LogP contribution is 2.16. The molecule has 0 atom stereocenters. The molecule has 0 saturated carbocycles. The van der Waals surface area contributed by atoms with Gasteiger partial charge in [-0.1, -0.05) is 43.3 Å². The molecule has 0 aromatic heterocycles. The molecule has 0 heterocycles. The molecule has 18 heavy (non-hydrogen) atoms. The first kappa shape index (κ1) is 14.1. The van der Waals surface area contributed by atoms with Crippen LogP contribution in [0.4, 0.5) is 0 Å². The fraction of sp³-hybridized carbons (Fsp3) is 0.250. The minimum Gasteiger partial charge on any atom is -0.304 e. The first-order valence-electron chi connectivity index (χ1n) is 6.14. The highest BCUT2D eigenvalue weighted by atomic mass is 16.1. The minimum atomic E-state index is 0.239. The molecular formula is C16H18O2. The van der Waals surface area contributed by atoms with Crippen LogP contribution in [-0.4, -0.2) is 12.1 Å². The lowest BCUT2D eigenvalue weighted by Gasteiger charge is -2.01. The van der Waals surface area contributed by atoms with Gasteiger partial charge in [0.15, 0.2) is 5.78 Å². The highest BCUT2D eigenvalue weighted by molar-refractivity contribution is 5.99. The summed E-state index contributed by atoms with van der Waals surface area (Å²) >= 11 is 0. The summed E-state index contributed by atoms with van der Waals surface area (Å²) < 4.78 is 0. The van der Waals surface area contributed by atoms with Gasteiger partial charge < -0.3 is 4.79 Å². The standard InChI is InChI=1S/C14H14O.C2H4O/c1-2-5-14(15)13-9-8-11-6-3-4-7-12(11)10-13;1-2-3/h3-4,6-10H,2,5H2,1H3;2H,1H3. The van der Waals surface area contributed by atoms with E-state index < -0.39 is 0 Å². The van der Waals surface area contributed by atoms with Gasteiger partial charge in [0.25, 0.3) is 0 Å². The van der Waals surface area contributed by atoms with Crippen molar-refractivity contribution in [3.63, 3.8) is 0 Å². The Kier molecular flexibility index (Phi) is 5.78. The second kappa shape index (κ2) is 7.38. The van der Waals surface area contributed by atoms with E-state index >= 15 is 0 Å². The lowest BCUT2D eigenvalue weighted by atomic mass is 10.0. The summed E-state index contributed by atoms with van der Waals surface area (Å²) in [7, 11) is 0. The van der Waals surface area contributed by atoms with Crippen LogP contribution in [-0.2, 0) is 4.79 Å². The number of aldehydes is 1. The Hall–Kier alpha value is -1.96. The summed E-state index contributed by atoms with van der Waals surface area (Å²) in [6.45, 7) is 3.47. The first-order chi connectivity index (χ1) is 8.72. The first-order valence-corrected chi connectivity index (χ1v) is 6.14. The third-order valence-corrected chi connectivity index (χ3v) is 2.55. The number of rotatable bonds is 3. The van der Waals surface area contributed by atoms with E-state index in [1.165, 1.54) is 12.3 Å². The fourth-order valence-corrected chi connectivity index (χ4v) is 1.73. The minimum absolute atomic E-state index is 0.239. The molecule has 2 aromatic rings. The van der Waals surface area contributed by atoms with E-state index in [0.29, 0.717) is 6.42 Å². The van der Waals surface area contributed by atoms with Crippen molar-refractivity contribution < 1.29 is 9.59 Å². The maximum Gasteiger partial charge on any atom is 0.162 e. The van der Waals surface area contributed by atoms with Gasteiger partial charge in [-0.05, 0) is 30.2 Å². The van der Waals surface area contributed by atoms with Gasteiger partial charge in [0.2, 0.25) is 0 Å². The van der Waals surface area contributed by atoms with E-state index in [2.05, 4.69) is 6.07 Å². The molecule has 0 aliphatic rings. The molecule has 2 nitrogen and oxygen atoms in total. The summed E-state index contributed by atoms with van der Waals surface area (Å²) in [5.74, 6) is 0.239. The monoisotopic (exact) mass is 242 g/mol. The average molecular weight is 242 g/mol. The predicted molar refractivity (Wildman–Crippen MR) is 74.9 cm³/mol. The van der Waals surface area contributed by atoms with E-state index in [4.69, 9.17) is 4.79 Å². The van der Waals surface area contributed by atoms with Crippen LogP contribution in [0.3, 0.4) is 0 Å². The Bertz CT molecular complexity index is 529. The largest absolute Gasteiger partial charge is 0.304 e. The maximum absolute atomic E-state index is 11.7. The van der Waals surface area contributed by atoms with Gasteiger partial charge in [0.1, 0.15) is 6.29 Å². The number of hydrogen-bond donors (Lipinski definition) is 0. The van der Waals surface area contributed by atoms with Crippen molar-refractivity contribution in [3.05, 3.63) is 48.0 Å². The number of fused-ring (bicyclic) bond motifs is 1. The Morgan fingerprint density at radius 3 is 2.33 bits per heavy atom. The molecule has 0 unspecified atom stereocenters. The molecule has 2 aromatic carbocycles. The molecule has 0 N–H and O–H groups in total. The summed E-state index contributed by atoms with van der Waals surface area (Å²) in [6.07, 6.45) is 2.30. The lowest BCUT2D eigenvalue weighted by Crippen LogP contribution is -1.97. The Labute approximate surface area is 108 Å². The second-order valence-corrected chi connectivity index (χ2v) is 3.97. The number of Topliss-reactive ketones (excluding diaryl/α,β-unsaturated/α-hetero) is 1. The van der Waals surface area contributed by atoms with E-state index in [9.17, 15) is 4.79 Å². The van der Waals surface area contributed by atoms with Crippen molar-refractivity contribution in [1.82, 2.24) is 0 Å². The van der Waals surface area contributed by atoms with Crippen molar-refractivity contribution in [2.24, 2.45) is 0 Å². The molecule has 0 bridgehead atoms. The third kappa shape index (κ3) is 3.81. The zero-order valence-corrected chi connectivity index (χ0v) is 10.8. The van der Waals surface area contributed by atoms with Crippen molar-refractivity contribution in [3.8, 4) is 0 Å². The van der Waals surface area contributed by atoms with Gasteiger partial charge in [-0.2, -0.15) is 0 Å². The van der Waals surface area contributed by atoms with Gasteiger partial charge in [0, 0.05) is 12.0 Å². The van der Waals surface area contributed by atoms with Gasteiger partial charge in [-0.15, -0.1) is 0 Å². The number of hydrogen-bond acceptors (Lipinski definition) is 2. The van der Waals surface area contributed by atoms with E-state index in [1.54, 1.807) is 0 Å². The smallest absolute Gasteiger partial charge is 0.162 e. The summed E-state index contributed by atoms with van der Waals surface area (Å²) in [5.41, 5.74) is 0.829. The Morgan fingerprint density at radius 1 is 1.11 bits per heavy atom. The zero-order valence-electron chi connectivity index (χ0n) is 10.8. The maximum atomic E-state index is 11.7. The van der Waals surface area contributed by atoms with Gasteiger partial charge in [-0.25, -0.2) is 0 Å². The number of ketones is 1. The van der Waals surface area contributed by atoms with Crippen molar-refractivity contribution in [2.45, 2.75) is 26.7 Å². The number of benzene rings is 2. The van der Waals surface area contributed by atoms with Crippen LogP contribution < -0.4 is 0 Å². The van der Waals surface area contributed by atoms with Gasteiger partial charge >= 0.3 is 0 Å². The van der Waals surface area contributed by atoms with E-state index in [-0.39, 0.29) is 5.78 Å². The molecule has 0 radical (unpaired) electrons.